The quantitative estimate of drug-likeness (QED) is 0.122. The van der Waals surface area contributed by atoms with E-state index in [0.717, 1.165) is 83.4 Å². The number of imidazole rings is 1. The predicted molar refractivity (Wildman–Crippen MR) is 624 cm³/mol. The fourth-order valence-electron chi connectivity index (χ4n) is 23.8. The molecule has 0 radical (unpaired) electrons. The average molecular weight is 1910 g/mol. The lowest BCUT2D eigenvalue weighted by Crippen LogP contribution is -1.97. The smallest absolute Gasteiger partial charge is 0.140 e. The third kappa shape index (κ3) is 14.2. The summed E-state index contributed by atoms with van der Waals surface area (Å²) in [4.78, 5) is 5.16. The van der Waals surface area contributed by atoms with E-state index in [1.54, 1.807) is 0 Å². The highest BCUT2D eigenvalue weighted by Crippen LogP contribution is 2.51. The summed E-state index contributed by atoms with van der Waals surface area (Å²) in [6, 6.07) is 178. The minimum atomic E-state index is 0.879. The minimum Gasteiger partial charge on any atom is -0.456 e. The number of benzene rings is 22. The first-order valence-electron chi connectivity index (χ1n) is 51.1. The molecule has 0 aliphatic heterocycles. The molecule has 0 spiro atoms. The molecule has 0 saturated heterocycles. The van der Waals surface area contributed by atoms with Crippen molar-refractivity contribution in [3.8, 4) is 101 Å². The maximum Gasteiger partial charge on any atom is 0.140 e. The van der Waals surface area contributed by atoms with Crippen LogP contribution in [0.1, 0.15) is 16.7 Å². The Bertz CT molecular complexity index is 10800. The van der Waals surface area contributed by atoms with E-state index in [1.807, 2.05) is 18.2 Å². The third-order valence-corrected chi connectivity index (χ3v) is 30.6. The molecule has 0 bridgehead atoms. The van der Waals surface area contributed by atoms with Crippen molar-refractivity contribution in [3.05, 3.63) is 514 Å². The Kier molecular flexibility index (Phi) is 20.0. The molecule has 9 aromatic heterocycles. The standard InChI is InChI=1S/C49H30N2O2.C45H31N3.C45H33N3/c1-29-14-19-44-37(24-29)38-25-30(31-16-21-47-39(26-31)36-10-4-7-13-46(36)52-47)15-20-45(38)51(44)33-18-23-49-41(28-33)40-27-32(17-22-48(40)53-49)50-42-11-5-2-8-34(42)35-9-3-6-12-43(35)50;1-30-16-20-43-38(26-30)40-29-32(31-17-21-44-39(28-31)37-14-8-9-15-42(37)47(44)35-12-6-3-7-13-35)18-22-45(40)48(43)36-19-23-41-33(27-36)24-25-46(41)34-10-4-2-5-11-34;1-30-23-25-39-37(27-30)44-41(48(39)35-24-26-40-38(28-35)46-45(47(40)2)34-21-13-6-14-22-34)29-36(31-15-7-3-8-16-31)42(32-17-9-4-10-18-32)43(44)33-19-11-5-12-20-33/h2-28H,1H3;2-29H,1H3;3-29H,1-2H3. The van der Waals surface area contributed by atoms with Crippen LogP contribution in [0.5, 0.6) is 0 Å². The van der Waals surface area contributed by atoms with Gasteiger partial charge in [-0.25, -0.2) is 4.98 Å². The number of aromatic nitrogens is 8. The molecule has 31 aromatic rings. The highest BCUT2D eigenvalue weighted by molar-refractivity contribution is 6.23. The monoisotopic (exact) mass is 1910 g/mol. The molecule has 702 valence electrons. The number of hydrogen-bond donors (Lipinski definition) is 0. The van der Waals surface area contributed by atoms with Gasteiger partial charge < -0.3 is 40.8 Å². The van der Waals surface area contributed by atoms with Crippen LogP contribution in [-0.4, -0.2) is 37.0 Å². The van der Waals surface area contributed by atoms with E-state index in [-0.39, 0.29) is 0 Å². The molecule has 149 heavy (non-hydrogen) atoms. The molecule has 0 saturated carbocycles. The van der Waals surface area contributed by atoms with Gasteiger partial charge in [-0.15, -0.1) is 0 Å². The number of para-hydroxylation sites is 6. The van der Waals surface area contributed by atoms with Gasteiger partial charge in [0.15, 0.2) is 0 Å². The van der Waals surface area contributed by atoms with Crippen molar-refractivity contribution in [3.63, 3.8) is 0 Å². The van der Waals surface area contributed by atoms with Gasteiger partial charge in [-0.1, -0.05) is 290 Å². The van der Waals surface area contributed by atoms with E-state index < -0.39 is 0 Å². The second kappa shape index (κ2) is 34.6. The Morgan fingerprint density at radius 1 is 0.195 bits per heavy atom. The van der Waals surface area contributed by atoms with Crippen LogP contribution in [0.4, 0.5) is 0 Å². The second-order valence-corrected chi connectivity index (χ2v) is 39.6. The summed E-state index contributed by atoms with van der Waals surface area (Å²) >= 11 is 0. The van der Waals surface area contributed by atoms with Crippen molar-refractivity contribution >= 4 is 175 Å². The molecule has 31 rings (SSSR count). The van der Waals surface area contributed by atoms with Crippen LogP contribution in [0.3, 0.4) is 0 Å². The Morgan fingerprint density at radius 2 is 0.530 bits per heavy atom. The van der Waals surface area contributed by atoms with Crippen LogP contribution in [0.25, 0.3) is 276 Å². The molecule has 0 unspecified atom stereocenters. The van der Waals surface area contributed by atoms with Gasteiger partial charge in [0.25, 0.3) is 0 Å². The maximum atomic E-state index is 6.45. The summed E-state index contributed by atoms with van der Waals surface area (Å²) in [5, 5.41) is 18.2. The van der Waals surface area contributed by atoms with Crippen molar-refractivity contribution in [2.45, 2.75) is 20.8 Å². The van der Waals surface area contributed by atoms with Gasteiger partial charge in [-0.05, 0) is 289 Å². The molecule has 0 aliphatic rings. The van der Waals surface area contributed by atoms with Gasteiger partial charge >= 0.3 is 0 Å². The van der Waals surface area contributed by atoms with Crippen molar-refractivity contribution in [1.82, 2.24) is 37.0 Å². The van der Waals surface area contributed by atoms with Gasteiger partial charge in [0, 0.05) is 139 Å². The summed E-state index contributed by atoms with van der Waals surface area (Å²) in [6.07, 6.45) is 2.17. The lowest BCUT2D eigenvalue weighted by atomic mass is 9.85. The van der Waals surface area contributed by atoms with Crippen molar-refractivity contribution in [2.75, 3.05) is 0 Å². The first kappa shape index (κ1) is 86.2. The molecule has 0 atom stereocenters. The van der Waals surface area contributed by atoms with Crippen LogP contribution in [-0.2, 0) is 7.05 Å². The van der Waals surface area contributed by atoms with Gasteiger partial charge in [-0.2, -0.15) is 0 Å². The zero-order valence-electron chi connectivity index (χ0n) is 82.2. The minimum absolute atomic E-state index is 0.879. The highest BCUT2D eigenvalue weighted by atomic mass is 16.3. The zero-order valence-corrected chi connectivity index (χ0v) is 82.2. The summed E-state index contributed by atoms with van der Waals surface area (Å²) < 4.78 is 29.0. The number of hydrogen-bond acceptors (Lipinski definition) is 3. The van der Waals surface area contributed by atoms with Crippen LogP contribution in [0.15, 0.2) is 506 Å². The van der Waals surface area contributed by atoms with Gasteiger partial charge in [0.2, 0.25) is 0 Å². The van der Waals surface area contributed by atoms with Crippen LogP contribution < -0.4 is 0 Å². The summed E-state index contributed by atoms with van der Waals surface area (Å²) in [5.74, 6) is 0.964. The predicted octanol–water partition coefficient (Wildman–Crippen LogP) is 37.1. The molecule has 0 fully saturated rings. The largest absolute Gasteiger partial charge is 0.456 e. The Labute approximate surface area is 857 Å². The molecule has 9 heterocycles. The van der Waals surface area contributed by atoms with Crippen molar-refractivity contribution in [2.24, 2.45) is 7.05 Å². The van der Waals surface area contributed by atoms with E-state index in [0.29, 0.717) is 0 Å². The topological polar surface area (TPSA) is 73.7 Å². The van der Waals surface area contributed by atoms with Gasteiger partial charge in [0.1, 0.15) is 28.2 Å². The Morgan fingerprint density at radius 3 is 1.05 bits per heavy atom. The molecule has 0 amide bonds. The van der Waals surface area contributed by atoms with E-state index in [9.17, 15) is 0 Å². The first-order valence-corrected chi connectivity index (χ1v) is 51.1. The number of aryl methyl sites for hydroxylation is 4. The molecular formula is C139H94N8O2. The van der Waals surface area contributed by atoms with E-state index >= 15 is 0 Å². The molecule has 0 N–H and O–H groups in total. The Balaban J connectivity index is 0.000000105. The summed E-state index contributed by atoms with van der Waals surface area (Å²) in [7, 11) is 2.10. The highest BCUT2D eigenvalue weighted by Gasteiger charge is 2.28. The van der Waals surface area contributed by atoms with Crippen LogP contribution in [0, 0.1) is 20.8 Å². The SMILES string of the molecule is Cc1ccc2c(c1)c1c(-c3ccccc3)c(-c3ccccc3)c(-c3ccccc3)cc1n2-c1ccc2c(c1)nc(-c1ccccc1)n2C.Cc1ccc2c(c1)c1cc(-c3ccc4c(c3)c3ccccc3n4-c3ccccc3)ccc1n2-c1ccc2c(ccn2-c2ccccc2)c1.Cc1ccc2c(c1)c1cc(-c3ccc4oc5ccccc5c4c3)ccc1n2-c1ccc2oc3ccc(-n4c5ccccc5c5ccccc54)cc3c2c1. The van der Waals surface area contributed by atoms with Crippen LogP contribution in [0.2, 0.25) is 0 Å². The number of rotatable bonds is 12. The molecule has 10 heteroatoms. The number of nitrogens with zero attached hydrogens (tertiary/aromatic N) is 8. The normalized spacial score (nSPS) is 11.9. The third-order valence-electron chi connectivity index (χ3n) is 30.6. The summed E-state index contributed by atoms with van der Waals surface area (Å²) in [5.41, 5.74) is 42.6. The summed E-state index contributed by atoms with van der Waals surface area (Å²) in [6.45, 7) is 6.54. The van der Waals surface area contributed by atoms with Crippen molar-refractivity contribution < 1.29 is 8.83 Å². The van der Waals surface area contributed by atoms with E-state index in [2.05, 4.69) is 539 Å². The van der Waals surface area contributed by atoms with Crippen LogP contribution >= 0.6 is 0 Å². The fourth-order valence-corrected chi connectivity index (χ4v) is 23.8. The molecule has 10 nitrogen and oxygen atoms in total. The van der Waals surface area contributed by atoms with Gasteiger partial charge in [0.05, 0.1) is 71.7 Å². The number of furan rings is 2. The first-order chi connectivity index (χ1) is 73.5. The fraction of sp³-hybridized carbons (Fsp3) is 0.0288. The maximum absolute atomic E-state index is 6.45. The zero-order chi connectivity index (χ0) is 98.7. The van der Waals surface area contributed by atoms with Crippen molar-refractivity contribution in [1.29, 1.82) is 0 Å². The molecule has 0 aliphatic carbocycles. The Hall–Kier alpha value is -19.6. The van der Waals surface area contributed by atoms with E-state index in [4.69, 9.17) is 13.8 Å². The molecule has 22 aromatic carbocycles. The number of fused-ring (bicyclic) bond motifs is 23. The average Bonchev–Trinajstić information content (AvgIpc) is 1.49. The molecular weight excluding hydrogens is 1810 g/mol. The second-order valence-electron chi connectivity index (χ2n) is 39.6. The lowest BCUT2D eigenvalue weighted by molar-refractivity contribution is 0.668. The van der Waals surface area contributed by atoms with E-state index in [1.165, 1.54) is 209 Å². The lowest BCUT2D eigenvalue weighted by Gasteiger charge is -2.19. The van der Waals surface area contributed by atoms with Gasteiger partial charge in [-0.3, -0.25) is 0 Å².